The summed E-state index contributed by atoms with van der Waals surface area (Å²) in [7, 11) is 0. The second kappa shape index (κ2) is 11.2. The van der Waals surface area contributed by atoms with E-state index >= 15 is 0 Å². The fourth-order valence-corrected chi connectivity index (χ4v) is 3.60. The summed E-state index contributed by atoms with van der Waals surface area (Å²) in [6, 6.07) is 22.9. The molecule has 0 aliphatic carbocycles. The summed E-state index contributed by atoms with van der Waals surface area (Å²) in [6.45, 7) is 9.45. The van der Waals surface area contributed by atoms with Crippen LogP contribution < -0.4 is 0 Å². The van der Waals surface area contributed by atoms with Gasteiger partial charge in [-0.3, -0.25) is 9.78 Å². The van der Waals surface area contributed by atoms with E-state index < -0.39 is 0 Å². The van der Waals surface area contributed by atoms with Crippen LogP contribution >= 0.6 is 0 Å². The molecular weight excluding hydrogens is 575 g/mol. The SMILES string of the molecule is CC(=O)/C=C(/C)O.Cc1cc(-c2nccc3cc(C(C)C)ccc23)[c-]c2ccccc12.[Ir]. The Kier molecular flexibility index (Phi) is 8.89. The first-order chi connectivity index (χ1) is 14.8. The monoisotopic (exact) mass is 603 g/mol. The molecule has 1 N–H and O–H groups in total. The number of hydrogen-bond acceptors (Lipinski definition) is 3. The summed E-state index contributed by atoms with van der Waals surface area (Å²) in [5.41, 5.74) is 4.70. The number of fused-ring (bicyclic) bond motifs is 2. The largest absolute Gasteiger partial charge is 0.512 e. The molecular formula is C28H28IrNO2-. The van der Waals surface area contributed by atoms with Gasteiger partial charge < -0.3 is 5.11 Å². The van der Waals surface area contributed by atoms with Crippen LogP contribution in [0.4, 0.5) is 0 Å². The number of ketones is 1. The van der Waals surface area contributed by atoms with Crippen LogP contribution in [-0.2, 0) is 24.9 Å². The van der Waals surface area contributed by atoms with Crippen LogP contribution in [0.2, 0.25) is 0 Å². The van der Waals surface area contributed by atoms with E-state index in [1.807, 2.05) is 6.20 Å². The minimum atomic E-state index is -0.125. The number of carbonyl (C=O) groups is 1. The van der Waals surface area contributed by atoms with Crippen molar-refractivity contribution >= 4 is 27.3 Å². The van der Waals surface area contributed by atoms with E-state index in [0.29, 0.717) is 5.92 Å². The van der Waals surface area contributed by atoms with Gasteiger partial charge in [0.25, 0.3) is 0 Å². The molecule has 3 aromatic carbocycles. The van der Waals surface area contributed by atoms with E-state index in [2.05, 4.69) is 86.4 Å². The summed E-state index contributed by atoms with van der Waals surface area (Å²) in [5, 5.41) is 13.2. The van der Waals surface area contributed by atoms with Crippen molar-refractivity contribution in [1.82, 2.24) is 4.98 Å². The molecule has 3 nitrogen and oxygen atoms in total. The predicted molar refractivity (Wildman–Crippen MR) is 129 cm³/mol. The molecule has 0 unspecified atom stereocenters. The molecule has 0 aliphatic heterocycles. The number of carbonyl (C=O) groups excluding carboxylic acids is 1. The predicted octanol–water partition coefficient (Wildman–Crippen LogP) is 7.32. The average Bonchev–Trinajstić information content (AvgIpc) is 2.72. The molecule has 4 rings (SSSR count). The summed E-state index contributed by atoms with van der Waals surface area (Å²) in [6.07, 6.45) is 3.07. The molecule has 0 spiro atoms. The molecule has 0 fully saturated rings. The van der Waals surface area contributed by atoms with Crippen molar-refractivity contribution in [2.24, 2.45) is 0 Å². The van der Waals surface area contributed by atoms with E-state index in [-0.39, 0.29) is 31.6 Å². The van der Waals surface area contributed by atoms with Crippen molar-refractivity contribution in [3.8, 4) is 11.3 Å². The number of aliphatic hydroxyl groups excluding tert-OH is 1. The Labute approximate surface area is 203 Å². The summed E-state index contributed by atoms with van der Waals surface area (Å²) in [4.78, 5) is 14.7. The number of aromatic nitrogens is 1. The van der Waals surface area contributed by atoms with E-state index in [4.69, 9.17) is 5.11 Å². The second-order valence-corrected chi connectivity index (χ2v) is 8.10. The number of aliphatic hydroxyl groups is 1. The topological polar surface area (TPSA) is 50.2 Å². The van der Waals surface area contributed by atoms with Crippen molar-refractivity contribution < 1.29 is 30.0 Å². The molecule has 0 bridgehead atoms. The molecule has 0 saturated heterocycles. The van der Waals surface area contributed by atoms with Crippen molar-refractivity contribution in [3.05, 3.63) is 89.8 Å². The Morgan fingerprint density at radius 1 is 1.03 bits per heavy atom. The maximum Gasteiger partial charge on any atom is 0.155 e. The summed E-state index contributed by atoms with van der Waals surface area (Å²) in [5.74, 6) is 0.466. The molecule has 1 radical (unpaired) electrons. The molecule has 167 valence electrons. The number of allylic oxidation sites excluding steroid dienone is 2. The maximum atomic E-state index is 10.0. The van der Waals surface area contributed by atoms with Crippen molar-refractivity contribution in [2.45, 2.75) is 40.5 Å². The van der Waals surface area contributed by atoms with Crippen LogP contribution in [0.5, 0.6) is 0 Å². The fourth-order valence-electron chi connectivity index (χ4n) is 3.60. The molecule has 1 heterocycles. The van der Waals surface area contributed by atoms with Crippen LogP contribution in [0.25, 0.3) is 32.8 Å². The van der Waals surface area contributed by atoms with Crippen molar-refractivity contribution in [1.29, 1.82) is 0 Å². The molecule has 0 aliphatic rings. The number of hydrogen-bond donors (Lipinski definition) is 1. The van der Waals surface area contributed by atoms with Crippen LogP contribution in [0, 0.1) is 13.0 Å². The number of rotatable bonds is 3. The van der Waals surface area contributed by atoms with E-state index in [0.717, 1.165) is 16.6 Å². The molecule has 4 aromatic rings. The van der Waals surface area contributed by atoms with Gasteiger partial charge in [0.15, 0.2) is 5.78 Å². The number of pyridine rings is 1. The third-order valence-electron chi connectivity index (χ3n) is 5.10. The molecule has 0 atom stereocenters. The first kappa shape index (κ1) is 25.4. The standard InChI is InChI=1S/C23H20N.C5H8O2.Ir/c1-15(2)17-8-9-22-19(13-17)10-11-24-23(22)20-12-16(3)21-7-5-4-6-18(21)14-20;1-4(6)3-5(2)7;/h4-13,15H,1-3H3;3,6H,1-2H3;/q-1;;/b;4-3-;. The summed E-state index contributed by atoms with van der Waals surface area (Å²) < 4.78 is 0. The zero-order valence-electron chi connectivity index (χ0n) is 19.1. The Hall–Kier alpha value is -2.81. The van der Waals surface area contributed by atoms with Gasteiger partial charge in [0.1, 0.15) is 0 Å². The molecule has 0 amide bonds. The van der Waals surface area contributed by atoms with Crippen LogP contribution in [-0.4, -0.2) is 15.9 Å². The van der Waals surface area contributed by atoms with Gasteiger partial charge in [-0.1, -0.05) is 68.1 Å². The van der Waals surface area contributed by atoms with E-state index in [9.17, 15) is 4.79 Å². The smallest absolute Gasteiger partial charge is 0.155 e. The van der Waals surface area contributed by atoms with E-state index in [1.165, 1.54) is 47.2 Å². The molecule has 4 heteroatoms. The number of nitrogens with zero attached hydrogens (tertiary/aromatic N) is 1. The third-order valence-corrected chi connectivity index (χ3v) is 5.10. The number of benzene rings is 3. The van der Waals surface area contributed by atoms with Gasteiger partial charge in [0, 0.05) is 38.1 Å². The van der Waals surface area contributed by atoms with Gasteiger partial charge in [-0.15, -0.1) is 29.1 Å². The Morgan fingerprint density at radius 3 is 2.38 bits per heavy atom. The average molecular weight is 603 g/mol. The Balaban J connectivity index is 0.000000398. The quantitative estimate of drug-likeness (QED) is 0.152. The second-order valence-electron chi connectivity index (χ2n) is 8.10. The van der Waals surface area contributed by atoms with Crippen molar-refractivity contribution in [2.75, 3.05) is 0 Å². The van der Waals surface area contributed by atoms with Gasteiger partial charge in [0.2, 0.25) is 0 Å². The fraction of sp³-hybridized carbons (Fsp3) is 0.214. The van der Waals surface area contributed by atoms with Gasteiger partial charge in [0.05, 0.1) is 5.76 Å². The third kappa shape index (κ3) is 6.12. The Bertz CT molecular complexity index is 1270. The van der Waals surface area contributed by atoms with Crippen LogP contribution in [0.1, 0.15) is 44.7 Å². The first-order valence-corrected chi connectivity index (χ1v) is 10.4. The van der Waals surface area contributed by atoms with E-state index in [1.54, 1.807) is 0 Å². The first-order valence-electron chi connectivity index (χ1n) is 10.4. The summed E-state index contributed by atoms with van der Waals surface area (Å²) >= 11 is 0. The van der Waals surface area contributed by atoms with Crippen LogP contribution in [0.15, 0.2) is 72.6 Å². The molecule has 32 heavy (non-hydrogen) atoms. The molecule has 0 saturated carbocycles. The number of aryl methyl sites for hydroxylation is 1. The van der Waals surface area contributed by atoms with Crippen LogP contribution in [0.3, 0.4) is 0 Å². The van der Waals surface area contributed by atoms with Gasteiger partial charge >= 0.3 is 0 Å². The van der Waals surface area contributed by atoms with Gasteiger partial charge in [-0.25, -0.2) is 0 Å². The molecule has 1 aromatic heterocycles. The minimum absolute atomic E-state index is 0. The minimum Gasteiger partial charge on any atom is -0.512 e. The normalized spacial score (nSPS) is 11.1. The maximum absolute atomic E-state index is 10.0. The zero-order chi connectivity index (χ0) is 22.5. The van der Waals surface area contributed by atoms with Crippen molar-refractivity contribution in [3.63, 3.8) is 0 Å². The zero-order valence-corrected chi connectivity index (χ0v) is 21.5. The Morgan fingerprint density at radius 2 is 1.75 bits per heavy atom. The van der Waals surface area contributed by atoms with Gasteiger partial charge in [-0.05, 0) is 42.2 Å². The van der Waals surface area contributed by atoms with Gasteiger partial charge in [-0.2, -0.15) is 0 Å².